The number of ether oxygens (including phenoxy) is 4. The van der Waals surface area contributed by atoms with Crippen molar-refractivity contribution in [1.82, 2.24) is 0 Å². The summed E-state index contributed by atoms with van der Waals surface area (Å²) >= 11 is 0. The zero-order valence-corrected chi connectivity index (χ0v) is 63.4. The van der Waals surface area contributed by atoms with Crippen molar-refractivity contribution in [3.63, 3.8) is 0 Å². The van der Waals surface area contributed by atoms with Gasteiger partial charge in [0.25, 0.3) is 28.6 Å². The second-order valence-corrected chi connectivity index (χ2v) is 45.6. The Bertz CT molecular complexity index is 2970. The minimum atomic E-state index is -4.35. The summed E-state index contributed by atoms with van der Waals surface area (Å²) < 4.78 is 118. The van der Waals surface area contributed by atoms with E-state index in [9.17, 15) is 16.8 Å². The summed E-state index contributed by atoms with van der Waals surface area (Å²) in [5, 5.41) is 1.84. The Morgan fingerprint density at radius 3 is 1.36 bits per heavy atom. The lowest BCUT2D eigenvalue weighted by Gasteiger charge is -2.46. The summed E-state index contributed by atoms with van der Waals surface area (Å²) in [4.78, 5) is 0.0657. The van der Waals surface area contributed by atoms with Crippen molar-refractivity contribution in [3.8, 4) is 12.3 Å². The van der Waals surface area contributed by atoms with E-state index in [1.54, 1.807) is 55.6 Å². The molecular formula is C73H116O13S2Si3. The molecule has 510 valence electrons. The van der Waals surface area contributed by atoms with Crippen molar-refractivity contribution in [3.05, 3.63) is 132 Å². The van der Waals surface area contributed by atoms with Gasteiger partial charge in [-0.05, 0) is 148 Å². The fourth-order valence-corrected chi connectivity index (χ4v) is 20.6. The molecule has 0 unspecified atom stereocenters. The largest absolute Gasteiger partial charge is 0.411 e. The number of terminal acetylenes is 1. The number of hydrogen-bond acceptors (Lipinski definition) is 13. The number of methoxy groups -OCH3 is 2. The maximum Gasteiger partial charge on any atom is 0.297 e. The normalized spacial score (nSPS) is 15.7. The van der Waals surface area contributed by atoms with E-state index >= 15 is 0 Å². The molecule has 0 saturated carbocycles. The topological polar surface area (TPSA) is 151 Å². The van der Waals surface area contributed by atoms with Gasteiger partial charge in [0, 0.05) is 26.7 Å². The molecule has 0 fully saturated rings. The van der Waals surface area contributed by atoms with Crippen LogP contribution in [0.25, 0.3) is 0 Å². The van der Waals surface area contributed by atoms with Crippen molar-refractivity contribution in [2.45, 2.75) is 273 Å². The van der Waals surface area contributed by atoms with E-state index in [1.807, 2.05) is 26.0 Å². The molecule has 0 heterocycles. The van der Waals surface area contributed by atoms with E-state index in [-0.39, 0.29) is 63.9 Å². The van der Waals surface area contributed by atoms with Crippen molar-refractivity contribution >= 4 is 55.6 Å². The van der Waals surface area contributed by atoms with Gasteiger partial charge >= 0.3 is 0 Å². The highest BCUT2D eigenvalue weighted by molar-refractivity contribution is 7.87. The molecule has 4 aromatic rings. The number of allylic oxidation sites excluding steroid dienone is 1. The average Bonchev–Trinajstić information content (AvgIpc) is 0.752. The fraction of sp³-hybridized carbons (Fsp3) is 0.616. The second-order valence-electron chi connectivity index (χ2n) is 28.6. The first-order valence-corrected chi connectivity index (χ1v) is 43.7. The number of hydrogen-bond donors (Lipinski definition) is 0. The maximum absolute atomic E-state index is 14.7. The van der Waals surface area contributed by atoms with E-state index in [2.05, 4.69) is 162 Å². The van der Waals surface area contributed by atoms with Crippen molar-refractivity contribution in [2.75, 3.05) is 27.8 Å². The zero-order chi connectivity index (χ0) is 67.7. The second kappa shape index (κ2) is 37.0. The highest BCUT2D eigenvalue weighted by Gasteiger charge is 2.52. The molecule has 91 heavy (non-hydrogen) atoms. The molecule has 0 aliphatic heterocycles. The molecule has 0 saturated heterocycles. The molecule has 0 radical (unpaired) electrons. The molecule has 0 amide bonds. The third-order valence-electron chi connectivity index (χ3n) is 18.2. The average molecular weight is 1350 g/mol. The summed E-state index contributed by atoms with van der Waals surface area (Å²) in [6.45, 7) is 34.7. The van der Waals surface area contributed by atoms with Crippen LogP contribution in [0.15, 0.2) is 131 Å². The van der Waals surface area contributed by atoms with Crippen LogP contribution in [0.5, 0.6) is 0 Å². The molecule has 0 aliphatic rings. The first kappa shape index (κ1) is 79.8. The molecule has 13 nitrogen and oxygen atoms in total. The summed E-state index contributed by atoms with van der Waals surface area (Å²) in [5.41, 5.74) is 1.82. The monoisotopic (exact) mass is 1350 g/mol. The zero-order valence-electron chi connectivity index (χ0n) is 58.8. The van der Waals surface area contributed by atoms with Gasteiger partial charge in [-0.25, -0.2) is 0 Å². The lowest BCUT2D eigenvalue weighted by Crippen LogP contribution is -2.67. The first-order chi connectivity index (χ1) is 42.7. The maximum atomic E-state index is 14.7. The molecule has 18 heteroatoms. The van der Waals surface area contributed by atoms with Crippen LogP contribution in [0.4, 0.5) is 0 Å². The summed E-state index contributed by atoms with van der Waals surface area (Å²) in [6, 6.07) is 34.9. The third kappa shape index (κ3) is 24.8. The van der Waals surface area contributed by atoms with Gasteiger partial charge in [0.1, 0.15) is 31.9 Å². The van der Waals surface area contributed by atoms with E-state index in [0.717, 1.165) is 62.5 Å². The Morgan fingerprint density at radius 2 is 0.923 bits per heavy atom. The standard InChI is InChI=1S/C73H116O13S2Si3/c1-20-22-24-25-34-42-65(80-56-78-14)67(82-87(74,75)61-48-44-58(3)45-49-61)52-54-69(85-89(16,17)71(5,6)7)70(86-90(18,19)72(8,9)10)55-53-68(83-88(76,77)62-50-46-59(4)47-51-62)66(81-57-79-15)43-35-26-29-37-60(36-23-21-2)84-91(73(11,12)13,63-38-30-27-31-39-63)64-40-32-28-33-41-64/h1,27-28,30-34,38-42,44-51,60,65-70H,21-26,29,35-37,43,52-57H2,2-19H3/b42-34+/t60-,65+,66+,67-,68-,69+,70+/m0/s1. The van der Waals surface area contributed by atoms with Crippen LogP contribution >= 0.6 is 0 Å². The van der Waals surface area contributed by atoms with Crippen LogP contribution in [0.1, 0.15) is 177 Å². The van der Waals surface area contributed by atoms with Gasteiger partial charge in [-0.2, -0.15) is 16.8 Å². The van der Waals surface area contributed by atoms with Crippen molar-refractivity contribution < 1.29 is 57.4 Å². The van der Waals surface area contributed by atoms with E-state index in [4.69, 9.17) is 47.0 Å². The van der Waals surface area contributed by atoms with Gasteiger partial charge in [-0.15, -0.1) is 12.3 Å². The van der Waals surface area contributed by atoms with Gasteiger partial charge in [0.2, 0.25) is 0 Å². The number of rotatable bonds is 42. The van der Waals surface area contributed by atoms with E-state index < -0.39 is 81.8 Å². The highest BCUT2D eigenvalue weighted by atomic mass is 32.2. The molecule has 0 N–H and O–H groups in total. The van der Waals surface area contributed by atoms with Crippen LogP contribution in [0.2, 0.25) is 41.3 Å². The summed E-state index contributed by atoms with van der Waals surface area (Å²) in [7, 11) is -13.8. The predicted molar refractivity (Wildman–Crippen MR) is 380 cm³/mol. The minimum absolute atomic E-state index is 0.0192. The van der Waals surface area contributed by atoms with Crippen LogP contribution in [0.3, 0.4) is 0 Å². The lowest BCUT2D eigenvalue weighted by molar-refractivity contribution is -0.112. The Hall–Kier alpha value is -3.63. The van der Waals surface area contributed by atoms with Crippen LogP contribution in [0, 0.1) is 26.2 Å². The van der Waals surface area contributed by atoms with Crippen LogP contribution in [-0.4, -0.2) is 112 Å². The molecule has 4 aromatic carbocycles. The Morgan fingerprint density at radius 1 is 0.495 bits per heavy atom. The minimum Gasteiger partial charge on any atom is -0.411 e. The highest BCUT2D eigenvalue weighted by Crippen LogP contribution is 2.43. The van der Waals surface area contributed by atoms with Gasteiger partial charge in [-0.1, -0.05) is 210 Å². The van der Waals surface area contributed by atoms with Crippen LogP contribution in [-0.2, 0) is 60.8 Å². The molecule has 0 bridgehead atoms. The Kier molecular flexibility index (Phi) is 32.5. The van der Waals surface area contributed by atoms with E-state index in [1.165, 1.54) is 17.5 Å². The van der Waals surface area contributed by atoms with Crippen molar-refractivity contribution in [1.29, 1.82) is 0 Å². The molecule has 0 spiro atoms. The SMILES string of the molecule is C#CCCC/C=C/[C@@H](OCOC)[C@H](CC[C@@H](O[Si](C)(C)C(C)(C)C)[C@@H](CC[C@H](OS(=O)(=O)c1ccc(C)cc1)[C@@H](CCCCC[C@H](CCCC)O[Si](c1ccccc1)(c1ccccc1)C(C)(C)C)OCOC)O[Si](C)(C)C(C)(C)C)OS(=O)(=O)c1ccc(C)cc1. The molecular weight excluding hydrogens is 1230 g/mol. The van der Waals surface area contributed by atoms with Gasteiger partial charge < -0.3 is 32.2 Å². The molecule has 0 aliphatic carbocycles. The summed E-state index contributed by atoms with van der Waals surface area (Å²) in [5.74, 6) is 2.69. The molecule has 7 atom stereocenters. The van der Waals surface area contributed by atoms with Gasteiger partial charge in [0.05, 0.1) is 28.1 Å². The lowest BCUT2D eigenvalue weighted by atomic mass is 9.96. The number of benzene rings is 4. The van der Waals surface area contributed by atoms with Crippen LogP contribution < -0.4 is 10.4 Å². The quantitative estimate of drug-likeness (QED) is 0.0103. The third-order valence-corrected chi connectivity index (χ3v) is 35.0. The van der Waals surface area contributed by atoms with E-state index in [0.29, 0.717) is 25.7 Å². The smallest absolute Gasteiger partial charge is 0.297 e. The van der Waals surface area contributed by atoms with Crippen molar-refractivity contribution in [2.24, 2.45) is 0 Å². The Labute approximate surface area is 555 Å². The van der Waals surface area contributed by atoms with Gasteiger partial charge in [0.15, 0.2) is 16.6 Å². The molecule has 0 aromatic heterocycles. The predicted octanol–water partition coefficient (Wildman–Crippen LogP) is 16.9. The molecule has 4 rings (SSSR count). The first-order valence-electron chi connectivity index (χ1n) is 33.1. The summed E-state index contributed by atoms with van der Waals surface area (Å²) in [6.07, 6.45) is 14.3. The Balaban J connectivity index is 1.83. The fourth-order valence-electron chi connectivity index (χ4n) is 10.9. The number of aryl methyl sites for hydroxylation is 2. The van der Waals surface area contributed by atoms with Gasteiger partial charge in [-0.3, -0.25) is 8.37 Å². The number of unbranched alkanes of at least 4 members (excludes halogenated alkanes) is 5.